The van der Waals surface area contributed by atoms with Gasteiger partial charge in [-0.25, -0.2) is 9.79 Å². The first-order chi connectivity index (χ1) is 12.0. The molecule has 6 heteroatoms. The van der Waals surface area contributed by atoms with E-state index in [2.05, 4.69) is 10.3 Å². The molecular formula is C19H16N2O4. The maximum absolute atomic E-state index is 12.0. The van der Waals surface area contributed by atoms with Crippen LogP contribution in [0.2, 0.25) is 0 Å². The lowest BCUT2D eigenvalue weighted by atomic mass is 10.2. The first-order valence-corrected chi connectivity index (χ1v) is 7.60. The van der Waals surface area contributed by atoms with Crippen LogP contribution in [0.25, 0.3) is 6.08 Å². The molecule has 126 valence electrons. The number of hydrogen-bond acceptors (Lipinski definition) is 5. The number of rotatable bonds is 4. The molecule has 1 amide bonds. The van der Waals surface area contributed by atoms with Gasteiger partial charge in [-0.05, 0) is 48.0 Å². The zero-order chi connectivity index (χ0) is 17.8. The molecule has 6 nitrogen and oxygen atoms in total. The molecule has 25 heavy (non-hydrogen) atoms. The summed E-state index contributed by atoms with van der Waals surface area (Å²) in [6, 6.07) is 14.2. The van der Waals surface area contributed by atoms with Crippen molar-refractivity contribution in [3.8, 4) is 5.75 Å². The Balaban J connectivity index is 1.84. The highest BCUT2D eigenvalue weighted by atomic mass is 16.6. The van der Waals surface area contributed by atoms with Crippen LogP contribution in [0.15, 0.2) is 59.2 Å². The lowest BCUT2D eigenvalue weighted by Crippen LogP contribution is -2.07. The molecule has 0 atom stereocenters. The minimum atomic E-state index is -0.510. The Bertz CT molecular complexity index is 883. The lowest BCUT2D eigenvalue weighted by molar-refractivity contribution is -0.129. The number of esters is 1. The van der Waals surface area contributed by atoms with Crippen LogP contribution in [0.5, 0.6) is 5.75 Å². The number of hydrogen-bond donors (Lipinski definition) is 1. The highest BCUT2D eigenvalue weighted by Crippen LogP contribution is 2.22. The number of nitrogens with zero attached hydrogens (tertiary/aromatic N) is 1. The summed E-state index contributed by atoms with van der Waals surface area (Å²) in [5.74, 6) is 0.261. The van der Waals surface area contributed by atoms with Crippen molar-refractivity contribution in [1.29, 1.82) is 0 Å². The van der Waals surface area contributed by atoms with Crippen LogP contribution in [0.4, 0.5) is 5.69 Å². The van der Waals surface area contributed by atoms with Crippen molar-refractivity contribution < 1.29 is 19.1 Å². The van der Waals surface area contributed by atoms with Gasteiger partial charge in [0.2, 0.25) is 11.8 Å². The number of benzene rings is 2. The first-order valence-electron chi connectivity index (χ1n) is 7.60. The summed E-state index contributed by atoms with van der Waals surface area (Å²) < 4.78 is 10.4. The largest absolute Gasteiger partial charge is 0.497 e. The smallest absolute Gasteiger partial charge is 0.363 e. The molecular weight excluding hydrogens is 320 g/mol. The molecule has 1 heterocycles. The van der Waals surface area contributed by atoms with Crippen LogP contribution >= 0.6 is 0 Å². The maximum Gasteiger partial charge on any atom is 0.363 e. The second-order valence-corrected chi connectivity index (χ2v) is 5.37. The second kappa shape index (κ2) is 7.00. The number of ether oxygens (including phenoxy) is 2. The number of amides is 1. The van der Waals surface area contributed by atoms with Gasteiger partial charge in [0.05, 0.1) is 7.11 Å². The third kappa shape index (κ3) is 3.92. The molecule has 0 aliphatic carbocycles. The van der Waals surface area contributed by atoms with Crippen LogP contribution in [0.3, 0.4) is 0 Å². The van der Waals surface area contributed by atoms with Crippen LogP contribution < -0.4 is 10.1 Å². The van der Waals surface area contributed by atoms with E-state index in [4.69, 9.17) is 9.47 Å². The molecule has 0 fully saturated rings. The molecule has 0 aromatic heterocycles. The lowest BCUT2D eigenvalue weighted by Gasteiger charge is -2.03. The summed E-state index contributed by atoms with van der Waals surface area (Å²) in [4.78, 5) is 27.3. The van der Waals surface area contributed by atoms with Crippen molar-refractivity contribution in [1.82, 2.24) is 0 Å². The Morgan fingerprint density at radius 2 is 1.96 bits per heavy atom. The normalized spacial score (nSPS) is 14.9. The predicted octanol–water partition coefficient (Wildman–Crippen LogP) is 3.00. The topological polar surface area (TPSA) is 77.0 Å². The summed E-state index contributed by atoms with van der Waals surface area (Å²) in [5, 5.41) is 2.67. The van der Waals surface area contributed by atoms with Crippen LogP contribution in [-0.2, 0) is 14.3 Å². The van der Waals surface area contributed by atoms with Gasteiger partial charge in [0.15, 0.2) is 5.70 Å². The van der Waals surface area contributed by atoms with Crippen molar-refractivity contribution in [2.24, 2.45) is 4.99 Å². The molecule has 1 N–H and O–H groups in total. The average molecular weight is 336 g/mol. The van der Waals surface area contributed by atoms with Crippen LogP contribution in [-0.4, -0.2) is 24.9 Å². The van der Waals surface area contributed by atoms with Gasteiger partial charge in [0.25, 0.3) is 0 Å². The van der Waals surface area contributed by atoms with Crippen molar-refractivity contribution >= 4 is 29.5 Å². The Morgan fingerprint density at radius 1 is 1.20 bits per heavy atom. The Morgan fingerprint density at radius 3 is 2.64 bits per heavy atom. The minimum absolute atomic E-state index is 0.152. The quantitative estimate of drug-likeness (QED) is 0.688. The molecule has 0 unspecified atom stereocenters. The number of cyclic esters (lactones) is 1. The Kier molecular flexibility index (Phi) is 4.61. The van der Waals surface area contributed by atoms with Crippen LogP contribution in [0, 0.1) is 0 Å². The minimum Gasteiger partial charge on any atom is -0.497 e. The first kappa shape index (κ1) is 16.4. The molecule has 1 aliphatic heterocycles. The van der Waals surface area contributed by atoms with Gasteiger partial charge in [-0.3, -0.25) is 4.79 Å². The van der Waals surface area contributed by atoms with Gasteiger partial charge in [-0.1, -0.05) is 12.1 Å². The highest BCUT2D eigenvalue weighted by Gasteiger charge is 2.24. The number of anilines is 1. The highest BCUT2D eigenvalue weighted by molar-refractivity contribution is 6.13. The van der Waals surface area contributed by atoms with Gasteiger partial charge in [0.1, 0.15) is 5.75 Å². The number of carbonyl (C=O) groups excluding carboxylic acids is 2. The van der Waals surface area contributed by atoms with Crippen molar-refractivity contribution in [2.75, 3.05) is 12.4 Å². The number of aliphatic imine (C=N–C) groups is 1. The van der Waals surface area contributed by atoms with Gasteiger partial charge < -0.3 is 14.8 Å². The van der Waals surface area contributed by atoms with E-state index in [0.29, 0.717) is 17.0 Å². The van der Waals surface area contributed by atoms with E-state index in [0.717, 1.165) is 5.56 Å². The monoisotopic (exact) mass is 336 g/mol. The molecule has 2 aromatic carbocycles. The second-order valence-electron chi connectivity index (χ2n) is 5.37. The third-order valence-electron chi connectivity index (χ3n) is 3.47. The molecule has 0 radical (unpaired) electrons. The zero-order valence-corrected chi connectivity index (χ0v) is 13.8. The summed E-state index contributed by atoms with van der Waals surface area (Å²) >= 11 is 0. The van der Waals surface area contributed by atoms with Crippen LogP contribution in [0.1, 0.15) is 18.1 Å². The van der Waals surface area contributed by atoms with Gasteiger partial charge >= 0.3 is 5.97 Å². The van der Waals surface area contributed by atoms with Crippen molar-refractivity contribution in [3.63, 3.8) is 0 Å². The molecule has 1 aliphatic rings. The van der Waals surface area contributed by atoms with E-state index in [-0.39, 0.29) is 17.5 Å². The molecule has 2 aromatic rings. The zero-order valence-electron chi connectivity index (χ0n) is 13.8. The molecule has 0 saturated carbocycles. The fraction of sp³-hybridized carbons (Fsp3) is 0.105. The van der Waals surface area contributed by atoms with Crippen molar-refractivity contribution in [3.05, 3.63) is 65.4 Å². The Labute approximate surface area is 144 Å². The summed E-state index contributed by atoms with van der Waals surface area (Å²) in [7, 11) is 1.58. The van der Waals surface area contributed by atoms with E-state index >= 15 is 0 Å². The van der Waals surface area contributed by atoms with E-state index < -0.39 is 5.97 Å². The maximum atomic E-state index is 12.0. The third-order valence-corrected chi connectivity index (χ3v) is 3.47. The fourth-order valence-corrected chi connectivity index (χ4v) is 2.32. The van der Waals surface area contributed by atoms with Gasteiger partial charge in [-0.2, -0.15) is 0 Å². The van der Waals surface area contributed by atoms with E-state index in [9.17, 15) is 9.59 Å². The number of nitrogens with one attached hydrogen (secondary N) is 1. The van der Waals surface area contributed by atoms with E-state index in [1.807, 2.05) is 18.2 Å². The van der Waals surface area contributed by atoms with Gasteiger partial charge in [0, 0.05) is 18.2 Å². The fourth-order valence-electron chi connectivity index (χ4n) is 2.32. The molecule has 0 saturated heterocycles. The van der Waals surface area contributed by atoms with Gasteiger partial charge in [-0.15, -0.1) is 0 Å². The predicted molar refractivity (Wildman–Crippen MR) is 94.3 cm³/mol. The number of carbonyl (C=O) groups is 2. The summed E-state index contributed by atoms with van der Waals surface area (Å²) in [6.45, 7) is 1.44. The number of methoxy groups -OCH3 is 1. The SMILES string of the molecule is COc1cccc(/C=C2/N=C(c3ccc(NC(C)=O)cc3)OC2=O)c1. The van der Waals surface area contributed by atoms with Crippen molar-refractivity contribution in [2.45, 2.75) is 6.92 Å². The average Bonchev–Trinajstić information content (AvgIpc) is 2.96. The standard InChI is InChI=1S/C19H16N2O4/c1-12(22)20-15-8-6-14(7-9-15)18-21-17(19(23)25-18)11-13-4-3-5-16(10-13)24-2/h3-11H,1-2H3,(H,20,22)/b17-11+. The Hall–Kier alpha value is -3.41. The summed E-state index contributed by atoms with van der Waals surface area (Å²) in [6.07, 6.45) is 1.64. The van der Waals surface area contributed by atoms with E-state index in [1.54, 1.807) is 43.5 Å². The molecule has 0 spiro atoms. The molecule has 3 rings (SSSR count). The molecule has 0 bridgehead atoms. The summed E-state index contributed by atoms with van der Waals surface area (Å²) in [5.41, 5.74) is 2.32. The van der Waals surface area contributed by atoms with E-state index in [1.165, 1.54) is 6.92 Å².